The minimum absolute atomic E-state index is 0.0172. The number of carbonyl (C=O) groups excluding carboxylic acids is 3. The second-order valence-corrected chi connectivity index (χ2v) is 11.1. The van der Waals surface area contributed by atoms with Crippen LogP contribution in [-0.2, 0) is 27.3 Å². The lowest BCUT2D eigenvalue weighted by Crippen LogP contribution is -2.63. The van der Waals surface area contributed by atoms with Crippen LogP contribution in [0.25, 0.3) is 0 Å². The quantitative estimate of drug-likeness (QED) is 0.583. The average Bonchev–Trinajstić information content (AvgIpc) is 3.62. The Morgan fingerprint density at radius 3 is 2.32 bits per heavy atom. The fourth-order valence-corrected chi connectivity index (χ4v) is 4.57. The molecule has 0 radical (unpaired) electrons. The topological polar surface area (TPSA) is 88.2 Å². The summed E-state index contributed by atoms with van der Waals surface area (Å²) in [5.41, 5.74) is 0.713. The van der Waals surface area contributed by atoms with Crippen LogP contribution in [0.15, 0.2) is 54.6 Å². The molecule has 1 N–H and O–H groups in total. The number of benzene rings is 2. The first-order valence-corrected chi connectivity index (χ1v) is 12.9. The summed E-state index contributed by atoms with van der Waals surface area (Å²) < 4.78 is 11.1. The summed E-state index contributed by atoms with van der Waals surface area (Å²) in [4.78, 5) is 42.3. The van der Waals surface area contributed by atoms with E-state index in [1.165, 1.54) is 9.80 Å². The number of hydrogen-bond donors (Lipinski definition) is 1. The largest absolute Gasteiger partial charge is 0.445 e. The van der Waals surface area contributed by atoms with Gasteiger partial charge in [0, 0.05) is 23.7 Å². The third-order valence-corrected chi connectivity index (χ3v) is 6.87. The molecule has 2 aliphatic rings. The number of carbonyl (C=O) groups is 3. The lowest BCUT2D eigenvalue weighted by molar-refractivity contribution is -0.129. The molecule has 2 fully saturated rings. The number of piperazine rings is 1. The van der Waals surface area contributed by atoms with E-state index in [0.29, 0.717) is 11.4 Å². The number of ether oxygens (including phenoxy) is 2. The highest BCUT2D eigenvalue weighted by molar-refractivity contribution is 6.31. The van der Waals surface area contributed by atoms with Crippen LogP contribution in [0.4, 0.5) is 9.59 Å². The van der Waals surface area contributed by atoms with E-state index < -0.39 is 29.4 Å². The molecule has 1 aliphatic carbocycles. The van der Waals surface area contributed by atoms with Crippen molar-refractivity contribution < 1.29 is 23.9 Å². The smallest absolute Gasteiger partial charge is 0.410 e. The highest BCUT2D eigenvalue weighted by atomic mass is 35.5. The third kappa shape index (κ3) is 7.16. The molecule has 8 nitrogen and oxygen atoms in total. The fraction of sp³-hybridized carbons (Fsp3) is 0.464. The Bertz CT molecular complexity index is 1130. The molecule has 1 heterocycles. The van der Waals surface area contributed by atoms with E-state index >= 15 is 0 Å². The summed E-state index contributed by atoms with van der Waals surface area (Å²) in [5.74, 6) is -0.325. The van der Waals surface area contributed by atoms with Gasteiger partial charge in [0.25, 0.3) is 0 Å². The van der Waals surface area contributed by atoms with Crippen molar-refractivity contribution in [3.8, 4) is 0 Å². The molecule has 2 aromatic carbocycles. The number of amides is 3. The van der Waals surface area contributed by atoms with Gasteiger partial charge in [0.15, 0.2) is 0 Å². The Balaban J connectivity index is 1.47. The van der Waals surface area contributed by atoms with Gasteiger partial charge in [0.05, 0.1) is 6.54 Å². The third-order valence-electron chi connectivity index (χ3n) is 6.50. The highest BCUT2D eigenvalue weighted by Crippen LogP contribution is 2.40. The van der Waals surface area contributed by atoms with Crippen molar-refractivity contribution in [2.24, 2.45) is 0 Å². The Hall–Kier alpha value is -3.26. The van der Waals surface area contributed by atoms with Gasteiger partial charge in [-0.1, -0.05) is 60.1 Å². The van der Waals surface area contributed by atoms with Gasteiger partial charge >= 0.3 is 12.2 Å². The summed E-state index contributed by atoms with van der Waals surface area (Å²) in [6.07, 6.45) is 1.11. The molecule has 0 bridgehead atoms. The van der Waals surface area contributed by atoms with E-state index in [1.54, 1.807) is 20.8 Å². The standard InChI is InChI=1S/C28H34ClN3O5/c1-27(2,3)37-25(34)31-15-16-32(26(35)36-19-20-9-5-4-6-10-20)23(18-31)24(33)30-28(13-14-28)17-21-11-7-8-12-22(21)29/h4-12,23H,13-19H2,1-3H3,(H,30,33). The lowest BCUT2D eigenvalue weighted by Gasteiger charge is -2.40. The van der Waals surface area contributed by atoms with E-state index in [-0.39, 0.29) is 32.1 Å². The maximum Gasteiger partial charge on any atom is 0.410 e. The lowest BCUT2D eigenvalue weighted by atomic mass is 10.0. The molecular weight excluding hydrogens is 494 g/mol. The SMILES string of the molecule is CC(C)(C)OC(=O)N1CCN(C(=O)OCc2ccccc2)C(C(=O)NC2(Cc3ccccc3Cl)CC2)C1. The summed E-state index contributed by atoms with van der Waals surface area (Å²) >= 11 is 6.36. The predicted molar refractivity (Wildman–Crippen MR) is 140 cm³/mol. The van der Waals surface area contributed by atoms with Crippen molar-refractivity contribution in [3.63, 3.8) is 0 Å². The molecule has 4 rings (SSSR count). The molecule has 3 amide bonds. The van der Waals surface area contributed by atoms with Gasteiger partial charge in [-0.2, -0.15) is 0 Å². The zero-order chi connectivity index (χ0) is 26.6. The Kier molecular flexibility index (Phi) is 7.97. The van der Waals surface area contributed by atoms with Gasteiger partial charge in [0.1, 0.15) is 18.2 Å². The average molecular weight is 528 g/mol. The molecule has 198 valence electrons. The van der Waals surface area contributed by atoms with Crippen LogP contribution in [-0.4, -0.2) is 64.7 Å². The fourth-order valence-electron chi connectivity index (χ4n) is 4.37. The molecule has 1 aliphatic heterocycles. The monoisotopic (exact) mass is 527 g/mol. The summed E-state index contributed by atoms with van der Waals surface area (Å²) in [5, 5.41) is 3.81. The molecule has 1 saturated heterocycles. The highest BCUT2D eigenvalue weighted by Gasteiger charge is 2.47. The van der Waals surface area contributed by atoms with Crippen molar-refractivity contribution >= 4 is 29.7 Å². The van der Waals surface area contributed by atoms with Gasteiger partial charge in [-0.25, -0.2) is 9.59 Å². The minimum atomic E-state index is -0.909. The number of rotatable bonds is 6. The maximum absolute atomic E-state index is 13.6. The van der Waals surface area contributed by atoms with Crippen molar-refractivity contribution in [3.05, 3.63) is 70.7 Å². The molecule has 1 atom stereocenters. The molecule has 1 saturated carbocycles. The Morgan fingerprint density at radius 1 is 1.00 bits per heavy atom. The normalized spacial score (nSPS) is 18.6. The molecule has 2 aromatic rings. The molecule has 1 unspecified atom stereocenters. The number of hydrogen-bond acceptors (Lipinski definition) is 5. The summed E-state index contributed by atoms with van der Waals surface area (Å²) in [6.45, 7) is 5.88. The van der Waals surface area contributed by atoms with Crippen molar-refractivity contribution in [2.75, 3.05) is 19.6 Å². The molecule has 0 spiro atoms. The van der Waals surface area contributed by atoms with Crippen molar-refractivity contribution in [2.45, 2.75) is 63.8 Å². The van der Waals surface area contributed by atoms with Crippen LogP contribution in [0, 0.1) is 0 Å². The van der Waals surface area contributed by atoms with Crippen molar-refractivity contribution in [1.29, 1.82) is 0 Å². The van der Waals surface area contributed by atoms with Crippen LogP contribution in [0.2, 0.25) is 5.02 Å². The first kappa shape index (κ1) is 26.8. The van der Waals surface area contributed by atoms with E-state index in [9.17, 15) is 14.4 Å². The molecule has 37 heavy (non-hydrogen) atoms. The number of nitrogens with zero attached hydrogens (tertiary/aromatic N) is 2. The Labute approximate surface area is 222 Å². The molecule has 9 heteroatoms. The zero-order valence-corrected chi connectivity index (χ0v) is 22.3. The molecule has 0 aromatic heterocycles. The van der Waals surface area contributed by atoms with Gasteiger partial charge in [-0.3, -0.25) is 9.69 Å². The summed E-state index contributed by atoms with van der Waals surface area (Å²) in [6, 6.07) is 16.0. The predicted octanol–water partition coefficient (Wildman–Crippen LogP) is 4.79. The number of nitrogens with one attached hydrogen (secondary N) is 1. The van der Waals surface area contributed by atoms with Crippen LogP contribution in [0.3, 0.4) is 0 Å². The van der Waals surface area contributed by atoms with Gasteiger partial charge in [-0.15, -0.1) is 0 Å². The van der Waals surface area contributed by atoms with Crippen LogP contribution in [0.5, 0.6) is 0 Å². The van der Waals surface area contributed by atoms with Gasteiger partial charge < -0.3 is 19.7 Å². The van der Waals surface area contributed by atoms with E-state index in [1.807, 2.05) is 54.6 Å². The second kappa shape index (κ2) is 11.0. The first-order valence-electron chi connectivity index (χ1n) is 12.6. The number of halogens is 1. The zero-order valence-electron chi connectivity index (χ0n) is 21.5. The van der Waals surface area contributed by atoms with Crippen LogP contribution >= 0.6 is 11.6 Å². The van der Waals surface area contributed by atoms with E-state index in [2.05, 4.69) is 5.32 Å². The van der Waals surface area contributed by atoms with E-state index in [0.717, 1.165) is 24.0 Å². The van der Waals surface area contributed by atoms with E-state index in [4.69, 9.17) is 21.1 Å². The Morgan fingerprint density at radius 2 is 1.68 bits per heavy atom. The van der Waals surface area contributed by atoms with Crippen LogP contribution in [0.1, 0.15) is 44.7 Å². The van der Waals surface area contributed by atoms with Gasteiger partial charge in [-0.05, 0) is 57.2 Å². The maximum atomic E-state index is 13.6. The van der Waals surface area contributed by atoms with Crippen LogP contribution < -0.4 is 5.32 Å². The first-order chi connectivity index (χ1) is 17.6. The second-order valence-electron chi connectivity index (χ2n) is 10.7. The van der Waals surface area contributed by atoms with Gasteiger partial charge in [0.2, 0.25) is 5.91 Å². The minimum Gasteiger partial charge on any atom is -0.445 e. The van der Waals surface area contributed by atoms with Crippen molar-refractivity contribution in [1.82, 2.24) is 15.1 Å². The molecular formula is C28H34ClN3O5. The summed E-state index contributed by atoms with van der Waals surface area (Å²) in [7, 11) is 0.